The second-order valence-corrected chi connectivity index (χ2v) is 13.4. The van der Waals surface area contributed by atoms with E-state index in [-0.39, 0.29) is 24.7 Å². The van der Waals surface area contributed by atoms with Crippen molar-refractivity contribution < 1.29 is 38.6 Å². The van der Waals surface area contributed by atoms with E-state index in [0.29, 0.717) is 12.8 Å². The number of amides is 2. The van der Waals surface area contributed by atoms with Crippen LogP contribution < -0.4 is 10.6 Å². The topological polar surface area (TPSA) is 148 Å². The number of hydrogen-bond acceptors (Lipinski definition) is 7. The minimum atomic E-state index is -1.15. The van der Waals surface area contributed by atoms with Crippen molar-refractivity contribution in [2.45, 2.75) is 174 Å². The number of nitrogens with one attached hydrogen (secondary N) is 2. The standard InChI is InChI=1S/C33H60N2O8/c1-32(2,3)42-30(40)22-20-18-16-14-12-10-8-7-9-11-13-15-17-19-21-28(37)35-26(31(41)43-33(4,5)6)23-24-27(36)34-25-29(38)39/h26H,7-25H2,1-6H3,(H,34,36)(H,35,37)(H,38,39)/t26-/m0/s1. The maximum atomic E-state index is 12.6. The minimum absolute atomic E-state index is 0.0297. The van der Waals surface area contributed by atoms with Gasteiger partial charge >= 0.3 is 17.9 Å². The zero-order valence-electron chi connectivity index (χ0n) is 27.8. The Bertz CT molecular complexity index is 830. The zero-order chi connectivity index (χ0) is 32.7. The largest absolute Gasteiger partial charge is 0.480 e. The lowest BCUT2D eigenvalue weighted by Gasteiger charge is -2.24. The predicted octanol–water partition coefficient (Wildman–Crippen LogP) is 6.38. The third-order valence-corrected chi connectivity index (χ3v) is 6.58. The second-order valence-electron chi connectivity index (χ2n) is 13.4. The molecule has 10 heteroatoms. The second kappa shape index (κ2) is 22.8. The van der Waals surface area contributed by atoms with Gasteiger partial charge in [0.1, 0.15) is 23.8 Å². The Hall–Kier alpha value is -2.65. The Labute approximate surface area is 259 Å². The van der Waals surface area contributed by atoms with Gasteiger partial charge in [0, 0.05) is 19.3 Å². The van der Waals surface area contributed by atoms with Gasteiger partial charge in [-0.15, -0.1) is 0 Å². The first kappa shape index (κ1) is 40.4. The molecule has 1 atom stereocenters. The molecular formula is C33H60N2O8. The third-order valence-electron chi connectivity index (χ3n) is 6.58. The number of carboxylic acid groups (broad SMARTS) is 1. The van der Waals surface area contributed by atoms with Crippen molar-refractivity contribution in [1.29, 1.82) is 0 Å². The molecule has 0 fully saturated rings. The van der Waals surface area contributed by atoms with Gasteiger partial charge in [-0.1, -0.05) is 77.0 Å². The lowest BCUT2D eigenvalue weighted by Crippen LogP contribution is -2.45. The molecule has 0 aliphatic rings. The molecule has 0 spiro atoms. The van der Waals surface area contributed by atoms with E-state index in [1.807, 2.05) is 20.8 Å². The molecule has 2 amide bonds. The van der Waals surface area contributed by atoms with Crippen LogP contribution in [-0.2, 0) is 33.4 Å². The van der Waals surface area contributed by atoms with Crippen LogP contribution in [0.25, 0.3) is 0 Å². The number of rotatable bonds is 24. The number of carbonyl (C=O) groups excluding carboxylic acids is 4. The minimum Gasteiger partial charge on any atom is -0.480 e. The number of hydrogen-bond donors (Lipinski definition) is 3. The van der Waals surface area contributed by atoms with Crippen molar-refractivity contribution in [3.8, 4) is 0 Å². The van der Waals surface area contributed by atoms with E-state index in [4.69, 9.17) is 14.6 Å². The molecule has 0 saturated carbocycles. The van der Waals surface area contributed by atoms with Gasteiger partial charge in [0.25, 0.3) is 0 Å². The molecule has 0 bridgehead atoms. The molecule has 0 aromatic rings. The maximum absolute atomic E-state index is 12.6. The number of esters is 2. The first-order valence-corrected chi connectivity index (χ1v) is 16.3. The summed E-state index contributed by atoms with van der Waals surface area (Å²) in [6.07, 6.45) is 16.5. The molecule has 10 nitrogen and oxygen atoms in total. The third kappa shape index (κ3) is 27.9. The number of carbonyl (C=O) groups is 5. The zero-order valence-corrected chi connectivity index (χ0v) is 27.8. The highest BCUT2D eigenvalue weighted by Gasteiger charge is 2.27. The van der Waals surface area contributed by atoms with Crippen molar-refractivity contribution in [3.63, 3.8) is 0 Å². The fourth-order valence-corrected chi connectivity index (χ4v) is 4.50. The van der Waals surface area contributed by atoms with E-state index < -0.39 is 41.6 Å². The molecule has 0 saturated heterocycles. The Balaban J connectivity index is 3.91. The fourth-order valence-electron chi connectivity index (χ4n) is 4.50. The van der Waals surface area contributed by atoms with Gasteiger partial charge in [0.2, 0.25) is 11.8 Å². The highest BCUT2D eigenvalue weighted by atomic mass is 16.6. The van der Waals surface area contributed by atoms with Gasteiger partial charge in [-0.3, -0.25) is 19.2 Å². The normalized spacial score (nSPS) is 12.3. The molecule has 3 N–H and O–H groups in total. The van der Waals surface area contributed by atoms with E-state index in [2.05, 4.69) is 10.6 Å². The summed E-state index contributed by atoms with van der Waals surface area (Å²) in [6, 6.07) is -0.966. The van der Waals surface area contributed by atoms with E-state index >= 15 is 0 Å². The van der Waals surface area contributed by atoms with Crippen LogP contribution in [0.2, 0.25) is 0 Å². The van der Waals surface area contributed by atoms with Crippen LogP contribution in [0.1, 0.15) is 157 Å². The number of aliphatic carboxylic acids is 1. The van der Waals surface area contributed by atoms with Crippen LogP contribution in [0, 0.1) is 0 Å². The van der Waals surface area contributed by atoms with Gasteiger partial charge in [0.15, 0.2) is 0 Å². The van der Waals surface area contributed by atoms with Crippen LogP contribution in [0.3, 0.4) is 0 Å². The molecule has 0 heterocycles. The molecule has 250 valence electrons. The molecule has 0 aromatic carbocycles. The summed E-state index contributed by atoms with van der Waals surface area (Å²) < 4.78 is 10.7. The highest BCUT2D eigenvalue weighted by molar-refractivity contribution is 5.86. The van der Waals surface area contributed by atoms with Crippen molar-refractivity contribution in [2.24, 2.45) is 0 Å². The van der Waals surface area contributed by atoms with Crippen molar-refractivity contribution in [3.05, 3.63) is 0 Å². The number of unbranched alkanes of at least 4 members (excludes halogenated alkanes) is 13. The first-order chi connectivity index (χ1) is 20.1. The fraction of sp³-hybridized carbons (Fsp3) is 0.848. The van der Waals surface area contributed by atoms with Crippen LogP contribution in [0.15, 0.2) is 0 Å². The van der Waals surface area contributed by atoms with E-state index in [1.165, 1.54) is 51.4 Å². The summed E-state index contributed by atoms with van der Waals surface area (Å²) in [7, 11) is 0. The van der Waals surface area contributed by atoms with E-state index in [9.17, 15) is 24.0 Å². The van der Waals surface area contributed by atoms with Gasteiger partial charge < -0.3 is 25.2 Å². The Morgan fingerprint density at radius 1 is 0.581 bits per heavy atom. The molecule has 0 radical (unpaired) electrons. The molecular weight excluding hydrogens is 552 g/mol. The lowest BCUT2D eigenvalue weighted by molar-refractivity contribution is -0.159. The summed E-state index contributed by atoms with van der Waals surface area (Å²) >= 11 is 0. The Kier molecular flexibility index (Phi) is 21.4. The average Bonchev–Trinajstić information content (AvgIpc) is 2.87. The van der Waals surface area contributed by atoms with Gasteiger partial charge in [-0.2, -0.15) is 0 Å². The summed E-state index contributed by atoms with van der Waals surface area (Å²) in [5.41, 5.74) is -1.14. The summed E-state index contributed by atoms with van der Waals surface area (Å²) in [5.74, 6) is -2.63. The molecule has 43 heavy (non-hydrogen) atoms. The first-order valence-electron chi connectivity index (χ1n) is 16.3. The monoisotopic (exact) mass is 612 g/mol. The Morgan fingerprint density at radius 3 is 1.42 bits per heavy atom. The summed E-state index contributed by atoms with van der Waals surface area (Å²) in [5, 5.41) is 13.6. The highest BCUT2D eigenvalue weighted by Crippen LogP contribution is 2.16. The number of carboxylic acids is 1. The van der Waals surface area contributed by atoms with Gasteiger partial charge in [0.05, 0.1) is 0 Å². The average molecular weight is 613 g/mol. The van der Waals surface area contributed by atoms with Crippen LogP contribution in [-0.4, -0.2) is 58.6 Å². The molecule has 0 aromatic heterocycles. The lowest BCUT2D eigenvalue weighted by atomic mass is 10.0. The molecule has 0 aliphatic heterocycles. The maximum Gasteiger partial charge on any atom is 0.329 e. The molecule has 0 aliphatic carbocycles. The quantitative estimate of drug-likeness (QED) is 0.0840. The van der Waals surface area contributed by atoms with Crippen molar-refractivity contribution >= 4 is 29.7 Å². The summed E-state index contributed by atoms with van der Waals surface area (Å²) in [6.45, 7) is 10.4. The summed E-state index contributed by atoms with van der Waals surface area (Å²) in [4.78, 5) is 59.2. The predicted molar refractivity (Wildman–Crippen MR) is 167 cm³/mol. The number of ether oxygens (including phenoxy) is 2. The van der Waals surface area contributed by atoms with Crippen molar-refractivity contribution in [2.75, 3.05) is 6.54 Å². The molecule has 0 rings (SSSR count). The van der Waals surface area contributed by atoms with E-state index in [0.717, 1.165) is 38.5 Å². The van der Waals surface area contributed by atoms with Crippen LogP contribution in [0.4, 0.5) is 0 Å². The van der Waals surface area contributed by atoms with Crippen LogP contribution >= 0.6 is 0 Å². The smallest absolute Gasteiger partial charge is 0.329 e. The van der Waals surface area contributed by atoms with Crippen LogP contribution in [0.5, 0.6) is 0 Å². The Morgan fingerprint density at radius 2 is 1.00 bits per heavy atom. The van der Waals surface area contributed by atoms with E-state index in [1.54, 1.807) is 20.8 Å². The van der Waals surface area contributed by atoms with Gasteiger partial charge in [-0.25, -0.2) is 4.79 Å². The van der Waals surface area contributed by atoms with Crippen molar-refractivity contribution in [1.82, 2.24) is 10.6 Å². The SMILES string of the molecule is CC(C)(C)OC(=O)CCCCCCCCCCCCCCCCC(=O)N[C@@H](CCC(=O)NCC(=O)O)C(=O)OC(C)(C)C. The molecule has 0 unspecified atom stereocenters. The van der Waals surface area contributed by atoms with Gasteiger partial charge in [-0.05, 0) is 60.8 Å².